The van der Waals surface area contributed by atoms with Crippen LogP contribution in [0.2, 0.25) is 0 Å². The van der Waals surface area contributed by atoms with E-state index < -0.39 is 12.1 Å². The summed E-state index contributed by atoms with van der Waals surface area (Å²) in [7, 11) is 0. The van der Waals surface area contributed by atoms with Gasteiger partial charge in [0.25, 0.3) is 5.89 Å². The Labute approximate surface area is 153 Å². The number of carbonyl (C=O) groups excluding carboxylic acids is 1. The topological polar surface area (TPSA) is 83.7 Å². The molecule has 0 N–H and O–H groups in total. The summed E-state index contributed by atoms with van der Waals surface area (Å²) in [5, 5.41) is 3.95. The summed E-state index contributed by atoms with van der Waals surface area (Å²) in [6.07, 6.45) is -0.659. The Morgan fingerprint density at radius 3 is 2.38 bits per heavy atom. The maximum Gasteiger partial charge on any atom is 0.339 e. The summed E-state index contributed by atoms with van der Waals surface area (Å²) in [5.41, 5.74) is 0.117. The van der Waals surface area contributed by atoms with Crippen LogP contribution in [-0.2, 0) is 10.2 Å². The van der Waals surface area contributed by atoms with Crippen molar-refractivity contribution in [1.29, 1.82) is 0 Å². The molecule has 0 saturated carbocycles. The van der Waals surface area contributed by atoms with Gasteiger partial charge in [-0.05, 0) is 39.0 Å². The van der Waals surface area contributed by atoms with E-state index in [0.717, 1.165) is 0 Å². The van der Waals surface area contributed by atoms with E-state index >= 15 is 0 Å². The van der Waals surface area contributed by atoms with Crippen molar-refractivity contribution in [1.82, 2.24) is 10.1 Å². The molecule has 2 rings (SSSR count). The van der Waals surface area contributed by atoms with Crippen LogP contribution >= 0.6 is 0 Å². The SMILES string of the molecule is CCOc1ccc(C(=O)OC(C)c2nc(C(C)(C)C)no2)cc1OCC. The first-order chi connectivity index (χ1) is 12.3. The number of hydrogen-bond acceptors (Lipinski definition) is 7. The lowest BCUT2D eigenvalue weighted by Gasteiger charge is -2.13. The number of carbonyl (C=O) groups is 1. The molecular weight excluding hydrogens is 336 g/mol. The molecule has 2 aromatic rings. The van der Waals surface area contributed by atoms with Gasteiger partial charge in [-0.2, -0.15) is 4.98 Å². The predicted octanol–water partition coefficient (Wildman–Crippen LogP) is 4.08. The fourth-order valence-corrected chi connectivity index (χ4v) is 2.16. The lowest BCUT2D eigenvalue weighted by molar-refractivity contribution is 0.0265. The fraction of sp³-hybridized carbons (Fsp3) is 0.526. The Bertz CT molecular complexity index is 749. The van der Waals surface area contributed by atoms with Gasteiger partial charge in [-0.1, -0.05) is 25.9 Å². The molecular formula is C19H26N2O5. The van der Waals surface area contributed by atoms with Crippen molar-refractivity contribution >= 4 is 5.97 Å². The van der Waals surface area contributed by atoms with Crippen LogP contribution in [-0.4, -0.2) is 29.3 Å². The molecule has 0 aliphatic carbocycles. The molecule has 1 atom stereocenters. The number of ether oxygens (including phenoxy) is 3. The van der Waals surface area contributed by atoms with Gasteiger partial charge >= 0.3 is 5.97 Å². The highest BCUT2D eigenvalue weighted by Gasteiger charge is 2.25. The normalized spacial score (nSPS) is 12.5. The Morgan fingerprint density at radius 1 is 1.15 bits per heavy atom. The number of hydrogen-bond donors (Lipinski definition) is 0. The molecule has 0 amide bonds. The van der Waals surface area contributed by atoms with Crippen molar-refractivity contribution in [2.45, 2.75) is 53.1 Å². The van der Waals surface area contributed by atoms with Crippen LogP contribution in [0, 0.1) is 0 Å². The third-order valence-corrected chi connectivity index (χ3v) is 3.52. The molecule has 0 saturated heterocycles. The maximum atomic E-state index is 12.4. The summed E-state index contributed by atoms with van der Waals surface area (Å²) < 4.78 is 21.7. The van der Waals surface area contributed by atoms with Crippen molar-refractivity contribution in [3.63, 3.8) is 0 Å². The molecule has 26 heavy (non-hydrogen) atoms. The number of esters is 1. The van der Waals surface area contributed by atoms with Gasteiger partial charge in [0.15, 0.2) is 23.4 Å². The van der Waals surface area contributed by atoms with Crippen LogP contribution < -0.4 is 9.47 Å². The lowest BCUT2D eigenvalue weighted by Crippen LogP contribution is -2.14. The van der Waals surface area contributed by atoms with Crippen molar-refractivity contribution in [3.05, 3.63) is 35.5 Å². The van der Waals surface area contributed by atoms with Gasteiger partial charge < -0.3 is 18.7 Å². The minimum absolute atomic E-state index is 0.243. The monoisotopic (exact) mass is 362 g/mol. The zero-order chi connectivity index (χ0) is 19.3. The minimum Gasteiger partial charge on any atom is -0.490 e. The van der Waals surface area contributed by atoms with E-state index in [1.807, 2.05) is 34.6 Å². The largest absolute Gasteiger partial charge is 0.490 e. The molecule has 0 radical (unpaired) electrons. The number of benzene rings is 1. The maximum absolute atomic E-state index is 12.4. The summed E-state index contributed by atoms with van der Waals surface area (Å²) in [5.74, 6) is 1.42. The average molecular weight is 362 g/mol. The molecule has 1 aromatic carbocycles. The summed E-state index contributed by atoms with van der Waals surface area (Å²) in [6, 6.07) is 4.94. The molecule has 1 heterocycles. The van der Waals surface area contributed by atoms with Gasteiger partial charge in [-0.3, -0.25) is 0 Å². The standard InChI is InChI=1S/C19H26N2O5/c1-7-23-14-10-9-13(11-15(14)24-8-2)17(22)25-12(3)16-20-18(21-26-16)19(4,5)6/h9-12H,7-8H2,1-6H3. The zero-order valence-corrected chi connectivity index (χ0v) is 16.2. The van der Waals surface area contributed by atoms with Crippen molar-refractivity contribution < 1.29 is 23.5 Å². The molecule has 0 bridgehead atoms. The number of aromatic nitrogens is 2. The van der Waals surface area contributed by atoms with E-state index in [0.29, 0.717) is 36.1 Å². The smallest absolute Gasteiger partial charge is 0.339 e. The van der Waals surface area contributed by atoms with Gasteiger partial charge in [0.05, 0.1) is 18.8 Å². The lowest BCUT2D eigenvalue weighted by atomic mass is 9.96. The van der Waals surface area contributed by atoms with E-state index in [1.165, 1.54) is 0 Å². The predicted molar refractivity (Wildman–Crippen MR) is 95.6 cm³/mol. The number of nitrogens with zero attached hydrogens (tertiary/aromatic N) is 2. The van der Waals surface area contributed by atoms with Gasteiger partial charge in [-0.25, -0.2) is 4.79 Å². The summed E-state index contributed by atoms with van der Waals surface area (Å²) in [6.45, 7) is 12.4. The molecule has 0 aliphatic rings. The second-order valence-corrected chi connectivity index (χ2v) is 6.78. The molecule has 0 aliphatic heterocycles. The third-order valence-electron chi connectivity index (χ3n) is 3.52. The van der Waals surface area contributed by atoms with E-state index in [-0.39, 0.29) is 11.3 Å². The molecule has 1 aromatic heterocycles. The van der Waals surface area contributed by atoms with Crippen molar-refractivity contribution in [2.75, 3.05) is 13.2 Å². The van der Waals surface area contributed by atoms with E-state index in [2.05, 4.69) is 10.1 Å². The highest BCUT2D eigenvalue weighted by atomic mass is 16.6. The Morgan fingerprint density at radius 2 is 1.81 bits per heavy atom. The summed E-state index contributed by atoms with van der Waals surface area (Å²) in [4.78, 5) is 16.8. The van der Waals surface area contributed by atoms with Gasteiger partial charge in [0, 0.05) is 5.41 Å². The van der Waals surface area contributed by atoms with E-state index in [9.17, 15) is 4.79 Å². The van der Waals surface area contributed by atoms with Crippen LogP contribution in [0.25, 0.3) is 0 Å². The molecule has 142 valence electrons. The average Bonchev–Trinajstić information content (AvgIpc) is 3.07. The van der Waals surface area contributed by atoms with E-state index in [1.54, 1.807) is 25.1 Å². The van der Waals surface area contributed by atoms with Crippen LogP contribution in [0.4, 0.5) is 0 Å². The second kappa shape index (κ2) is 8.21. The first kappa shape index (κ1) is 19.8. The highest BCUT2D eigenvalue weighted by molar-refractivity contribution is 5.90. The molecule has 0 fully saturated rings. The Hall–Kier alpha value is -2.57. The van der Waals surface area contributed by atoms with Crippen molar-refractivity contribution in [2.24, 2.45) is 0 Å². The molecule has 7 heteroatoms. The summed E-state index contributed by atoms with van der Waals surface area (Å²) >= 11 is 0. The second-order valence-electron chi connectivity index (χ2n) is 6.78. The highest BCUT2D eigenvalue weighted by Crippen LogP contribution is 2.30. The first-order valence-corrected chi connectivity index (χ1v) is 8.71. The number of rotatable bonds is 7. The van der Waals surface area contributed by atoms with Gasteiger partial charge in [0.2, 0.25) is 0 Å². The fourth-order valence-electron chi connectivity index (χ4n) is 2.16. The van der Waals surface area contributed by atoms with Gasteiger partial charge in [0.1, 0.15) is 0 Å². The Kier molecular flexibility index (Phi) is 6.23. The molecule has 0 spiro atoms. The molecule has 7 nitrogen and oxygen atoms in total. The Balaban J connectivity index is 2.13. The molecule has 1 unspecified atom stereocenters. The third kappa shape index (κ3) is 4.74. The van der Waals surface area contributed by atoms with Crippen LogP contribution in [0.3, 0.4) is 0 Å². The van der Waals surface area contributed by atoms with Crippen molar-refractivity contribution in [3.8, 4) is 11.5 Å². The van der Waals surface area contributed by atoms with E-state index in [4.69, 9.17) is 18.7 Å². The van der Waals surface area contributed by atoms with Gasteiger partial charge in [-0.15, -0.1) is 0 Å². The van der Waals surface area contributed by atoms with Crippen LogP contribution in [0.1, 0.15) is 69.7 Å². The van der Waals surface area contributed by atoms with Crippen LogP contribution in [0.15, 0.2) is 22.7 Å². The zero-order valence-electron chi connectivity index (χ0n) is 16.2. The van der Waals surface area contributed by atoms with Crippen LogP contribution in [0.5, 0.6) is 11.5 Å². The first-order valence-electron chi connectivity index (χ1n) is 8.71. The minimum atomic E-state index is -0.659. The quantitative estimate of drug-likeness (QED) is 0.686.